The predicted molar refractivity (Wildman–Crippen MR) is 90.6 cm³/mol. The Morgan fingerprint density at radius 3 is 3.05 bits per heavy atom. The maximum absolute atomic E-state index is 5.48. The molecule has 1 atom stereocenters. The van der Waals surface area contributed by atoms with Gasteiger partial charge in [-0.15, -0.1) is 11.3 Å². The number of para-hydroxylation sites is 1. The fraction of sp³-hybridized carbons (Fsp3) is 0.333. The number of nitrogens with zero attached hydrogens (tertiary/aromatic N) is 1. The molecule has 1 aliphatic rings. The maximum atomic E-state index is 5.48. The first-order chi connectivity index (χ1) is 10.3. The third-order valence-electron chi connectivity index (χ3n) is 3.84. The molecule has 3 rings (SSSR count). The smallest absolute Gasteiger partial charge is 0.0555 e. The van der Waals surface area contributed by atoms with E-state index < -0.39 is 0 Å². The molecule has 2 aromatic rings. The second-order valence-electron chi connectivity index (χ2n) is 5.58. The number of hydrogen-bond donors (Lipinski definition) is 1. The predicted octanol–water partition coefficient (Wildman–Crippen LogP) is 3.26. The molecule has 0 spiro atoms. The first-order valence-corrected chi connectivity index (χ1v) is 8.24. The summed E-state index contributed by atoms with van der Waals surface area (Å²) < 4.78 is 0. The number of fused-ring (bicyclic) bond motifs is 1. The zero-order valence-corrected chi connectivity index (χ0v) is 13.1. The zero-order valence-electron chi connectivity index (χ0n) is 12.3. The van der Waals surface area contributed by atoms with E-state index >= 15 is 0 Å². The van der Waals surface area contributed by atoms with Gasteiger partial charge in [0.15, 0.2) is 0 Å². The monoisotopic (exact) mass is 296 g/mol. The molecule has 21 heavy (non-hydrogen) atoms. The molecule has 1 aliphatic heterocycles. The van der Waals surface area contributed by atoms with Crippen molar-refractivity contribution in [2.75, 3.05) is 18.0 Å². The van der Waals surface area contributed by atoms with Crippen molar-refractivity contribution >= 4 is 17.0 Å². The van der Waals surface area contributed by atoms with Crippen LogP contribution in [0.4, 0.5) is 5.69 Å². The first-order valence-electron chi connectivity index (χ1n) is 7.36. The number of benzene rings is 1. The van der Waals surface area contributed by atoms with Gasteiger partial charge in [0.2, 0.25) is 0 Å². The highest BCUT2D eigenvalue weighted by Gasteiger charge is 2.22. The van der Waals surface area contributed by atoms with E-state index in [-0.39, 0.29) is 0 Å². The SMILES string of the molecule is CC1Cc2ccccc2N(Cc2sccc2C#CCN)C1. The van der Waals surface area contributed by atoms with Crippen LogP contribution in [0.1, 0.15) is 22.9 Å². The second-order valence-corrected chi connectivity index (χ2v) is 6.58. The van der Waals surface area contributed by atoms with Gasteiger partial charge in [-0.2, -0.15) is 0 Å². The molecule has 0 bridgehead atoms. The Balaban J connectivity index is 1.87. The van der Waals surface area contributed by atoms with Gasteiger partial charge in [-0.05, 0) is 35.4 Å². The molecule has 1 aromatic heterocycles. The summed E-state index contributed by atoms with van der Waals surface area (Å²) in [6.07, 6.45) is 1.18. The molecule has 2 nitrogen and oxygen atoms in total. The van der Waals surface area contributed by atoms with Crippen LogP contribution in [-0.4, -0.2) is 13.1 Å². The lowest BCUT2D eigenvalue weighted by molar-refractivity contribution is 0.531. The molecular formula is C18H20N2S. The third-order valence-corrected chi connectivity index (χ3v) is 4.74. The normalized spacial score (nSPS) is 17.0. The Morgan fingerprint density at radius 2 is 2.19 bits per heavy atom. The van der Waals surface area contributed by atoms with Crippen LogP contribution in [0.15, 0.2) is 35.7 Å². The van der Waals surface area contributed by atoms with Crippen LogP contribution in [-0.2, 0) is 13.0 Å². The molecule has 2 N–H and O–H groups in total. The molecule has 0 saturated heterocycles. The largest absolute Gasteiger partial charge is 0.366 e. The number of anilines is 1. The van der Waals surface area contributed by atoms with Crippen molar-refractivity contribution in [1.82, 2.24) is 0 Å². The van der Waals surface area contributed by atoms with Gasteiger partial charge in [0.25, 0.3) is 0 Å². The molecule has 108 valence electrons. The molecule has 0 aliphatic carbocycles. The average Bonchev–Trinajstić information content (AvgIpc) is 2.92. The number of thiophene rings is 1. The summed E-state index contributed by atoms with van der Waals surface area (Å²) in [7, 11) is 0. The number of hydrogen-bond acceptors (Lipinski definition) is 3. The Bertz CT molecular complexity index is 678. The molecule has 0 saturated carbocycles. The Hall–Kier alpha value is -1.76. The van der Waals surface area contributed by atoms with E-state index in [0.29, 0.717) is 12.5 Å². The van der Waals surface area contributed by atoms with Gasteiger partial charge in [0.1, 0.15) is 0 Å². The highest BCUT2D eigenvalue weighted by atomic mass is 32.1. The molecule has 1 unspecified atom stereocenters. The van der Waals surface area contributed by atoms with Crippen molar-refractivity contribution in [2.24, 2.45) is 11.7 Å². The molecule has 3 heteroatoms. The topological polar surface area (TPSA) is 29.3 Å². The molecular weight excluding hydrogens is 276 g/mol. The highest BCUT2D eigenvalue weighted by molar-refractivity contribution is 7.10. The van der Waals surface area contributed by atoms with Crippen LogP contribution in [0.25, 0.3) is 0 Å². The van der Waals surface area contributed by atoms with Crippen LogP contribution < -0.4 is 10.6 Å². The zero-order chi connectivity index (χ0) is 14.7. The summed E-state index contributed by atoms with van der Waals surface area (Å²) in [4.78, 5) is 3.82. The lowest BCUT2D eigenvalue weighted by atomic mass is 9.94. The van der Waals surface area contributed by atoms with Crippen LogP contribution >= 0.6 is 11.3 Å². The minimum absolute atomic E-state index is 0.416. The van der Waals surface area contributed by atoms with Crippen molar-refractivity contribution in [3.63, 3.8) is 0 Å². The fourth-order valence-electron chi connectivity index (χ4n) is 2.95. The van der Waals surface area contributed by atoms with Gasteiger partial charge in [-0.1, -0.05) is 37.0 Å². The molecule has 0 fully saturated rings. The number of rotatable bonds is 2. The van der Waals surface area contributed by atoms with Gasteiger partial charge < -0.3 is 10.6 Å². The molecule has 1 aromatic carbocycles. The number of nitrogens with two attached hydrogens (primary N) is 1. The van der Waals surface area contributed by atoms with Crippen molar-refractivity contribution < 1.29 is 0 Å². The standard InChI is InChI=1S/C18H20N2S/c1-14-11-16-5-2-3-7-17(16)20(12-14)13-18-15(6-4-9-19)8-10-21-18/h2-3,5,7-8,10,14H,9,11-13,19H2,1H3. The lowest BCUT2D eigenvalue weighted by Crippen LogP contribution is -2.33. The van der Waals surface area contributed by atoms with Gasteiger partial charge in [0, 0.05) is 22.7 Å². The Labute approximate surface area is 130 Å². The van der Waals surface area contributed by atoms with Crippen LogP contribution in [0.3, 0.4) is 0 Å². The van der Waals surface area contributed by atoms with E-state index in [1.54, 1.807) is 11.3 Å². The van der Waals surface area contributed by atoms with Crippen molar-refractivity contribution in [3.05, 3.63) is 51.7 Å². The summed E-state index contributed by atoms with van der Waals surface area (Å²) in [5, 5.41) is 2.12. The van der Waals surface area contributed by atoms with Gasteiger partial charge in [0.05, 0.1) is 13.1 Å². The average molecular weight is 296 g/mol. The van der Waals surface area contributed by atoms with Crippen LogP contribution in [0, 0.1) is 17.8 Å². The minimum Gasteiger partial charge on any atom is -0.366 e. The van der Waals surface area contributed by atoms with E-state index in [4.69, 9.17) is 5.73 Å². The Kier molecular flexibility index (Phi) is 4.28. The third kappa shape index (κ3) is 3.12. The summed E-state index contributed by atoms with van der Waals surface area (Å²) in [6.45, 7) is 4.79. The van der Waals surface area contributed by atoms with E-state index in [0.717, 1.165) is 18.7 Å². The van der Waals surface area contributed by atoms with E-state index in [9.17, 15) is 0 Å². The van der Waals surface area contributed by atoms with Crippen molar-refractivity contribution in [2.45, 2.75) is 19.9 Å². The van der Waals surface area contributed by atoms with Gasteiger partial charge in [-0.3, -0.25) is 0 Å². The quantitative estimate of drug-likeness (QED) is 0.862. The molecule has 0 amide bonds. The summed E-state index contributed by atoms with van der Waals surface area (Å²) in [6, 6.07) is 10.9. The highest BCUT2D eigenvalue weighted by Crippen LogP contribution is 2.31. The second kappa shape index (κ2) is 6.34. The van der Waals surface area contributed by atoms with Crippen LogP contribution in [0.2, 0.25) is 0 Å². The lowest BCUT2D eigenvalue weighted by Gasteiger charge is -2.34. The van der Waals surface area contributed by atoms with Gasteiger partial charge >= 0.3 is 0 Å². The summed E-state index contributed by atoms with van der Waals surface area (Å²) in [5.41, 5.74) is 9.44. The summed E-state index contributed by atoms with van der Waals surface area (Å²) in [5.74, 6) is 6.84. The van der Waals surface area contributed by atoms with Gasteiger partial charge in [-0.25, -0.2) is 0 Å². The summed E-state index contributed by atoms with van der Waals surface area (Å²) >= 11 is 1.78. The van der Waals surface area contributed by atoms with E-state index in [2.05, 4.69) is 59.4 Å². The maximum Gasteiger partial charge on any atom is 0.0555 e. The Morgan fingerprint density at radius 1 is 1.33 bits per heavy atom. The van der Waals surface area contributed by atoms with E-state index in [1.165, 1.54) is 22.5 Å². The van der Waals surface area contributed by atoms with E-state index in [1.807, 2.05) is 0 Å². The fourth-order valence-corrected chi connectivity index (χ4v) is 3.80. The first kappa shape index (κ1) is 14.2. The van der Waals surface area contributed by atoms with Crippen LogP contribution in [0.5, 0.6) is 0 Å². The van der Waals surface area contributed by atoms with Crippen molar-refractivity contribution in [1.29, 1.82) is 0 Å². The minimum atomic E-state index is 0.416. The molecule has 2 heterocycles. The van der Waals surface area contributed by atoms with Crippen molar-refractivity contribution in [3.8, 4) is 11.8 Å². The molecule has 0 radical (unpaired) electrons.